The smallest absolute Gasteiger partial charge is 0.388 e. The molecule has 0 aliphatic rings. The number of amides is 1. The summed E-state index contributed by atoms with van der Waals surface area (Å²) >= 11 is 0. The van der Waals surface area contributed by atoms with Gasteiger partial charge in [-0.3, -0.25) is 9.59 Å². The van der Waals surface area contributed by atoms with E-state index in [0.717, 1.165) is 24.4 Å². The first-order valence-corrected chi connectivity index (χ1v) is 9.43. The molecule has 7 nitrogen and oxygen atoms in total. The van der Waals surface area contributed by atoms with Gasteiger partial charge in [-0.2, -0.15) is 8.78 Å². The van der Waals surface area contributed by atoms with Gasteiger partial charge >= 0.3 is 6.61 Å². The minimum absolute atomic E-state index is 0.00128. The molecule has 0 atom stereocenters. The highest BCUT2D eigenvalue weighted by Crippen LogP contribution is 2.27. The zero-order valence-electron chi connectivity index (χ0n) is 17.0. The van der Waals surface area contributed by atoms with Crippen LogP contribution in [0.1, 0.15) is 19.4 Å². The van der Waals surface area contributed by atoms with E-state index in [1.54, 1.807) is 13.8 Å². The molecule has 0 saturated heterocycles. The summed E-state index contributed by atoms with van der Waals surface area (Å²) in [5, 5.41) is 2.54. The molecule has 0 unspecified atom stereocenters. The lowest BCUT2D eigenvalue weighted by molar-refractivity contribution is -0.124. The zero-order chi connectivity index (χ0) is 23.4. The van der Waals surface area contributed by atoms with Crippen molar-refractivity contribution in [3.05, 3.63) is 64.1 Å². The highest BCUT2D eigenvalue weighted by atomic mass is 19.3. The molecule has 2 aromatic heterocycles. The first kappa shape index (κ1) is 22.9. The number of aromatic nitrogens is 3. The van der Waals surface area contributed by atoms with Crippen LogP contribution in [0.3, 0.4) is 0 Å². The summed E-state index contributed by atoms with van der Waals surface area (Å²) in [5.74, 6) is -3.32. The lowest BCUT2D eigenvalue weighted by Crippen LogP contribution is -2.27. The van der Waals surface area contributed by atoms with Crippen molar-refractivity contribution in [2.24, 2.45) is 5.92 Å². The number of benzene rings is 1. The number of rotatable bonds is 7. The van der Waals surface area contributed by atoms with Gasteiger partial charge in [0, 0.05) is 41.9 Å². The van der Waals surface area contributed by atoms with Gasteiger partial charge in [-0.25, -0.2) is 18.7 Å². The number of nitrogens with one attached hydrogen (secondary N) is 2. The fraction of sp³-hybridized carbons (Fsp3) is 0.238. The normalized spacial score (nSPS) is 11.1. The van der Waals surface area contributed by atoms with E-state index in [0.29, 0.717) is 0 Å². The minimum Gasteiger partial charge on any atom is -0.417 e. The lowest BCUT2D eigenvalue weighted by atomic mass is 10.1. The molecule has 0 saturated carbocycles. The van der Waals surface area contributed by atoms with Crippen LogP contribution >= 0.6 is 0 Å². The average molecular weight is 450 g/mol. The summed E-state index contributed by atoms with van der Waals surface area (Å²) in [7, 11) is 0. The van der Waals surface area contributed by atoms with Crippen LogP contribution < -0.4 is 15.6 Å². The molecular formula is C21H18F4N4O3. The summed E-state index contributed by atoms with van der Waals surface area (Å²) in [6, 6.07) is 5.71. The molecule has 2 heterocycles. The number of nitrogens with zero attached hydrogens (tertiary/aromatic N) is 2. The Morgan fingerprint density at radius 1 is 1.19 bits per heavy atom. The maximum Gasteiger partial charge on any atom is 0.388 e. The van der Waals surface area contributed by atoms with Crippen molar-refractivity contribution in [2.75, 3.05) is 0 Å². The molecule has 0 fully saturated rings. The molecule has 1 aromatic carbocycles. The molecule has 0 spiro atoms. The maximum atomic E-state index is 15.1. The molecule has 32 heavy (non-hydrogen) atoms. The molecule has 0 bridgehead atoms. The van der Waals surface area contributed by atoms with E-state index in [2.05, 4.69) is 25.0 Å². The Balaban J connectivity index is 1.98. The first-order valence-electron chi connectivity index (χ1n) is 9.43. The zero-order valence-corrected chi connectivity index (χ0v) is 17.0. The van der Waals surface area contributed by atoms with Gasteiger partial charge in [-0.05, 0) is 12.1 Å². The number of alkyl halides is 2. The van der Waals surface area contributed by atoms with Crippen LogP contribution in [0.15, 0.2) is 41.3 Å². The standard InChI is InChI=1S/C21H18F4N4O3/c1-10(2)20(31)27-9-12-3-5-13(22)17(18(12)23)19-28-14(7-15(30)29-19)11-4-6-16(26-8-11)32-21(24)25/h3-8,10,21H,9H2,1-2H3,(H,27,31)(H,28,29,30). The molecule has 3 rings (SSSR count). The Bertz CT molecular complexity index is 1180. The van der Waals surface area contributed by atoms with Gasteiger partial charge in [0.1, 0.15) is 17.5 Å². The monoisotopic (exact) mass is 450 g/mol. The summed E-state index contributed by atoms with van der Waals surface area (Å²) < 4.78 is 58.3. The Hall–Kier alpha value is -3.76. The number of halogens is 4. The number of carbonyl (C=O) groups is 1. The molecule has 0 aliphatic heterocycles. The second kappa shape index (κ2) is 9.58. The van der Waals surface area contributed by atoms with E-state index >= 15 is 4.39 Å². The molecule has 2 N–H and O–H groups in total. The predicted molar refractivity (Wildman–Crippen MR) is 107 cm³/mol. The molecular weight excluding hydrogens is 432 g/mol. The molecule has 3 aromatic rings. The molecule has 0 aliphatic carbocycles. The fourth-order valence-corrected chi connectivity index (χ4v) is 2.75. The van der Waals surface area contributed by atoms with E-state index in [1.807, 2.05) is 0 Å². The van der Waals surface area contributed by atoms with Gasteiger partial charge in [0.15, 0.2) is 0 Å². The van der Waals surface area contributed by atoms with Gasteiger partial charge in [-0.15, -0.1) is 0 Å². The van der Waals surface area contributed by atoms with Crippen molar-refractivity contribution in [2.45, 2.75) is 27.0 Å². The van der Waals surface area contributed by atoms with E-state index in [-0.39, 0.29) is 46.9 Å². The number of hydrogen-bond donors (Lipinski definition) is 2. The van der Waals surface area contributed by atoms with E-state index < -0.39 is 29.4 Å². The summed E-state index contributed by atoms with van der Waals surface area (Å²) in [6.07, 6.45) is 1.13. The van der Waals surface area contributed by atoms with Crippen LogP contribution in [0.5, 0.6) is 5.88 Å². The van der Waals surface area contributed by atoms with E-state index in [9.17, 15) is 22.8 Å². The van der Waals surface area contributed by atoms with Gasteiger partial charge in [0.05, 0.1) is 11.3 Å². The molecule has 1 amide bonds. The summed E-state index contributed by atoms with van der Waals surface area (Å²) in [4.78, 5) is 34.0. The van der Waals surface area contributed by atoms with Crippen LogP contribution in [-0.2, 0) is 11.3 Å². The number of aromatic amines is 1. The Morgan fingerprint density at radius 2 is 1.94 bits per heavy atom. The van der Waals surface area contributed by atoms with E-state index in [4.69, 9.17) is 0 Å². The van der Waals surface area contributed by atoms with E-state index in [1.165, 1.54) is 12.1 Å². The van der Waals surface area contributed by atoms with Crippen LogP contribution in [0.4, 0.5) is 17.6 Å². The molecule has 168 valence electrons. The number of ether oxygens (including phenoxy) is 1. The van der Waals surface area contributed by atoms with Crippen molar-refractivity contribution in [3.8, 4) is 28.5 Å². The first-order chi connectivity index (χ1) is 15.2. The molecule has 11 heteroatoms. The minimum atomic E-state index is -3.05. The Kier molecular flexibility index (Phi) is 6.86. The quantitative estimate of drug-likeness (QED) is 0.536. The Morgan fingerprint density at radius 3 is 2.56 bits per heavy atom. The number of pyridine rings is 1. The van der Waals surface area contributed by atoms with Crippen LogP contribution in [0.25, 0.3) is 22.6 Å². The van der Waals surface area contributed by atoms with Crippen LogP contribution in [0, 0.1) is 17.6 Å². The van der Waals surface area contributed by atoms with Crippen molar-refractivity contribution in [1.82, 2.24) is 20.3 Å². The third-order valence-electron chi connectivity index (χ3n) is 4.37. The van der Waals surface area contributed by atoms with Crippen molar-refractivity contribution in [1.29, 1.82) is 0 Å². The van der Waals surface area contributed by atoms with Gasteiger partial charge in [-0.1, -0.05) is 19.9 Å². The van der Waals surface area contributed by atoms with Crippen LogP contribution in [-0.4, -0.2) is 27.5 Å². The third-order valence-corrected chi connectivity index (χ3v) is 4.37. The Labute approximate surface area is 179 Å². The lowest BCUT2D eigenvalue weighted by Gasteiger charge is -2.12. The van der Waals surface area contributed by atoms with Crippen molar-refractivity contribution < 1.29 is 27.1 Å². The van der Waals surface area contributed by atoms with Gasteiger partial charge < -0.3 is 15.0 Å². The van der Waals surface area contributed by atoms with Gasteiger partial charge in [0.2, 0.25) is 11.8 Å². The van der Waals surface area contributed by atoms with Crippen LogP contribution in [0.2, 0.25) is 0 Å². The second-order valence-electron chi connectivity index (χ2n) is 7.01. The highest BCUT2D eigenvalue weighted by molar-refractivity contribution is 5.77. The number of hydrogen-bond acceptors (Lipinski definition) is 5. The topological polar surface area (TPSA) is 97.0 Å². The average Bonchev–Trinajstić information content (AvgIpc) is 2.72. The van der Waals surface area contributed by atoms with Crippen molar-refractivity contribution in [3.63, 3.8) is 0 Å². The highest BCUT2D eigenvalue weighted by Gasteiger charge is 2.19. The number of carbonyl (C=O) groups excluding carboxylic acids is 1. The van der Waals surface area contributed by atoms with Crippen molar-refractivity contribution >= 4 is 5.91 Å². The summed E-state index contributed by atoms with van der Waals surface area (Å²) in [5.41, 5.74) is -1.03. The maximum absolute atomic E-state index is 15.1. The SMILES string of the molecule is CC(C)C(=O)NCc1ccc(F)c(-c2nc(-c3ccc(OC(F)F)nc3)cc(=O)[nH]2)c1F. The summed E-state index contributed by atoms with van der Waals surface area (Å²) in [6.45, 7) is 0.0998. The van der Waals surface area contributed by atoms with Gasteiger partial charge in [0.25, 0.3) is 5.56 Å². The predicted octanol–water partition coefficient (Wildman–Crippen LogP) is 3.65. The fourth-order valence-electron chi connectivity index (χ4n) is 2.75. The molecule has 0 radical (unpaired) electrons. The largest absolute Gasteiger partial charge is 0.417 e. The number of H-pyrrole nitrogens is 1. The second-order valence-corrected chi connectivity index (χ2v) is 7.01. The third kappa shape index (κ3) is 5.29.